The molecule has 2 aliphatic rings. The average molecular weight is 426 g/mol. The highest BCUT2D eigenvalue weighted by Crippen LogP contribution is 2.39. The zero-order valence-corrected chi connectivity index (χ0v) is 17.6. The summed E-state index contributed by atoms with van der Waals surface area (Å²) in [4.78, 5) is 28.7. The third-order valence-electron chi connectivity index (χ3n) is 5.53. The first-order valence-electron chi connectivity index (χ1n) is 10.2. The molecule has 1 fully saturated rings. The fourth-order valence-electron chi connectivity index (χ4n) is 3.89. The monoisotopic (exact) mass is 425 g/mol. The normalized spacial score (nSPS) is 20.1. The van der Waals surface area contributed by atoms with Gasteiger partial charge >= 0.3 is 0 Å². The van der Waals surface area contributed by atoms with Crippen LogP contribution in [0.15, 0.2) is 52.3 Å². The van der Waals surface area contributed by atoms with E-state index < -0.39 is 0 Å². The maximum atomic E-state index is 13.9. The van der Waals surface area contributed by atoms with Crippen LogP contribution >= 0.6 is 11.8 Å². The highest BCUT2D eigenvalue weighted by molar-refractivity contribution is 8.04. The van der Waals surface area contributed by atoms with E-state index in [0.717, 1.165) is 24.4 Å². The number of carbonyl (C=O) groups is 2. The van der Waals surface area contributed by atoms with Crippen LogP contribution in [-0.2, 0) is 4.79 Å². The summed E-state index contributed by atoms with van der Waals surface area (Å²) in [5.41, 5.74) is 1.47. The van der Waals surface area contributed by atoms with E-state index in [1.807, 2.05) is 6.07 Å². The number of rotatable bonds is 5. The summed E-state index contributed by atoms with van der Waals surface area (Å²) in [5.74, 6) is -0.828. The van der Waals surface area contributed by atoms with Crippen molar-refractivity contribution in [3.05, 3.63) is 64.3 Å². The molecule has 7 heteroatoms. The Labute approximate surface area is 179 Å². The molecule has 0 aromatic heterocycles. The molecule has 2 amide bonds. The van der Waals surface area contributed by atoms with Crippen molar-refractivity contribution in [2.75, 3.05) is 25.0 Å². The van der Waals surface area contributed by atoms with Crippen LogP contribution in [-0.4, -0.2) is 42.4 Å². The van der Waals surface area contributed by atoms with Gasteiger partial charge in [0.05, 0.1) is 10.6 Å². The molecule has 2 aromatic rings. The highest BCUT2D eigenvalue weighted by atomic mass is 32.2. The van der Waals surface area contributed by atoms with E-state index in [4.69, 9.17) is 0 Å². The molecule has 1 atom stereocenters. The quantitative estimate of drug-likeness (QED) is 0.708. The van der Waals surface area contributed by atoms with Gasteiger partial charge < -0.3 is 10.6 Å². The molecule has 156 valence electrons. The maximum absolute atomic E-state index is 13.9. The van der Waals surface area contributed by atoms with Gasteiger partial charge in [0.15, 0.2) is 0 Å². The lowest BCUT2D eigenvalue weighted by Crippen LogP contribution is -2.40. The Morgan fingerprint density at radius 3 is 2.97 bits per heavy atom. The van der Waals surface area contributed by atoms with Crippen LogP contribution in [0, 0.1) is 5.82 Å². The number of carbonyl (C=O) groups excluding carboxylic acids is 2. The van der Waals surface area contributed by atoms with Crippen molar-refractivity contribution in [1.29, 1.82) is 0 Å². The average Bonchev–Trinajstić information content (AvgIpc) is 3.21. The van der Waals surface area contributed by atoms with Gasteiger partial charge in [-0.25, -0.2) is 4.39 Å². The number of hydrogen-bond acceptors (Lipinski definition) is 4. The van der Waals surface area contributed by atoms with Crippen molar-refractivity contribution in [1.82, 2.24) is 10.2 Å². The molecule has 2 aromatic carbocycles. The van der Waals surface area contributed by atoms with Gasteiger partial charge in [0.25, 0.3) is 11.8 Å². The van der Waals surface area contributed by atoms with Crippen LogP contribution in [0.25, 0.3) is 6.08 Å². The predicted octanol–water partition coefficient (Wildman–Crippen LogP) is 4.13. The van der Waals surface area contributed by atoms with Crippen molar-refractivity contribution < 1.29 is 14.0 Å². The predicted molar refractivity (Wildman–Crippen MR) is 118 cm³/mol. The van der Waals surface area contributed by atoms with Gasteiger partial charge in [0.2, 0.25) is 0 Å². The minimum absolute atomic E-state index is 0.146. The molecule has 0 saturated carbocycles. The van der Waals surface area contributed by atoms with E-state index in [1.165, 1.54) is 24.2 Å². The van der Waals surface area contributed by atoms with Crippen molar-refractivity contribution >= 4 is 35.3 Å². The largest absolute Gasteiger partial charge is 0.350 e. The summed E-state index contributed by atoms with van der Waals surface area (Å²) in [6.45, 7) is 4.84. The van der Waals surface area contributed by atoms with E-state index in [9.17, 15) is 14.0 Å². The number of fused-ring (bicyclic) bond motifs is 1. The van der Waals surface area contributed by atoms with Gasteiger partial charge in [-0.15, -0.1) is 0 Å². The molecule has 2 N–H and O–H groups in total. The molecular formula is C23H24FN3O2S. The van der Waals surface area contributed by atoms with Crippen LogP contribution < -0.4 is 10.6 Å². The van der Waals surface area contributed by atoms with Crippen LogP contribution in [0.5, 0.6) is 0 Å². The number of benzene rings is 2. The summed E-state index contributed by atoms with van der Waals surface area (Å²) >= 11 is 1.27. The molecule has 2 aliphatic heterocycles. The van der Waals surface area contributed by atoms with E-state index in [1.54, 1.807) is 36.4 Å². The van der Waals surface area contributed by atoms with Crippen LogP contribution in [0.3, 0.4) is 0 Å². The van der Waals surface area contributed by atoms with Crippen LogP contribution in [0.4, 0.5) is 10.1 Å². The fraction of sp³-hybridized carbons (Fsp3) is 0.304. The first-order chi connectivity index (χ1) is 14.5. The Hall–Kier alpha value is -2.64. The van der Waals surface area contributed by atoms with Crippen LogP contribution in [0.1, 0.15) is 35.7 Å². The molecule has 0 radical (unpaired) electrons. The Morgan fingerprint density at radius 2 is 2.17 bits per heavy atom. The van der Waals surface area contributed by atoms with Crippen molar-refractivity contribution in [2.24, 2.45) is 0 Å². The number of nitrogens with one attached hydrogen (secondary N) is 2. The number of thioether (sulfide) groups is 1. The number of halogens is 1. The van der Waals surface area contributed by atoms with E-state index in [0.29, 0.717) is 34.3 Å². The highest BCUT2D eigenvalue weighted by Gasteiger charge is 2.25. The standard InChI is InChI=1S/C23H24FN3O2S/c1-2-27-11-5-7-17(27)14-25-22(28)16-9-10-20-19(12-16)26-23(29)21(30-20)13-15-6-3-4-8-18(15)24/h3-4,6,8-10,12-13,17H,2,5,7,11,14H2,1H3,(H,25,28)(H,26,29)/b21-13+/t17-/m1/s1. The molecule has 0 spiro atoms. The number of amides is 2. The van der Waals surface area contributed by atoms with Gasteiger partial charge in [-0.3, -0.25) is 14.5 Å². The zero-order valence-electron chi connectivity index (χ0n) is 16.8. The molecule has 4 rings (SSSR count). The Balaban J connectivity index is 1.46. The maximum Gasteiger partial charge on any atom is 0.262 e. The molecular weight excluding hydrogens is 401 g/mol. The van der Waals surface area contributed by atoms with E-state index >= 15 is 0 Å². The van der Waals surface area contributed by atoms with Crippen molar-refractivity contribution in [2.45, 2.75) is 30.7 Å². The summed E-state index contributed by atoms with van der Waals surface area (Å²) in [7, 11) is 0. The third-order valence-corrected chi connectivity index (χ3v) is 6.63. The summed E-state index contributed by atoms with van der Waals surface area (Å²) in [6, 6.07) is 12.0. The number of anilines is 1. The molecule has 0 aliphatic carbocycles. The van der Waals surface area contributed by atoms with Gasteiger partial charge in [-0.2, -0.15) is 0 Å². The Kier molecular flexibility index (Phi) is 6.20. The van der Waals surface area contributed by atoms with E-state index in [-0.39, 0.29) is 17.6 Å². The SMILES string of the molecule is CCN1CCC[C@@H]1CNC(=O)c1ccc2c(c1)NC(=O)/C(=C\c1ccccc1F)S2. The second-order valence-corrected chi connectivity index (χ2v) is 8.52. The smallest absolute Gasteiger partial charge is 0.262 e. The molecule has 5 nitrogen and oxygen atoms in total. The molecule has 0 bridgehead atoms. The summed E-state index contributed by atoms with van der Waals surface area (Å²) < 4.78 is 13.9. The number of nitrogens with zero attached hydrogens (tertiary/aromatic N) is 1. The minimum Gasteiger partial charge on any atom is -0.350 e. The second kappa shape index (κ2) is 9.02. The summed E-state index contributed by atoms with van der Waals surface area (Å²) in [6.07, 6.45) is 3.81. The summed E-state index contributed by atoms with van der Waals surface area (Å²) in [5, 5.41) is 5.84. The van der Waals surface area contributed by atoms with Gasteiger partial charge in [0, 0.05) is 28.6 Å². The Bertz CT molecular complexity index is 1010. The lowest BCUT2D eigenvalue weighted by atomic mass is 10.1. The fourth-order valence-corrected chi connectivity index (χ4v) is 4.81. The number of likely N-dealkylation sites (N-methyl/N-ethyl adjacent to an activating group) is 1. The molecule has 30 heavy (non-hydrogen) atoms. The van der Waals surface area contributed by atoms with E-state index in [2.05, 4.69) is 22.5 Å². The van der Waals surface area contributed by atoms with Gasteiger partial charge in [-0.05, 0) is 56.3 Å². The Morgan fingerprint density at radius 1 is 1.33 bits per heavy atom. The first-order valence-corrected chi connectivity index (χ1v) is 11.0. The molecule has 0 unspecified atom stereocenters. The van der Waals surface area contributed by atoms with Gasteiger partial charge in [-0.1, -0.05) is 36.9 Å². The van der Waals surface area contributed by atoms with Crippen molar-refractivity contribution in [3.63, 3.8) is 0 Å². The zero-order chi connectivity index (χ0) is 21.1. The third kappa shape index (κ3) is 4.42. The second-order valence-electron chi connectivity index (χ2n) is 7.43. The molecule has 1 saturated heterocycles. The lowest BCUT2D eigenvalue weighted by molar-refractivity contribution is -0.112. The minimum atomic E-state index is -0.375. The number of hydrogen-bond donors (Lipinski definition) is 2. The van der Waals surface area contributed by atoms with Crippen LogP contribution in [0.2, 0.25) is 0 Å². The topological polar surface area (TPSA) is 61.4 Å². The van der Waals surface area contributed by atoms with Gasteiger partial charge in [0.1, 0.15) is 5.82 Å². The first kappa shape index (κ1) is 20.6. The lowest BCUT2D eigenvalue weighted by Gasteiger charge is -2.23. The molecule has 2 heterocycles. The van der Waals surface area contributed by atoms with Crippen molar-refractivity contribution in [3.8, 4) is 0 Å². The number of likely N-dealkylation sites (tertiary alicyclic amines) is 1.